The summed E-state index contributed by atoms with van der Waals surface area (Å²) < 4.78 is 11.2. The molecule has 1 atom stereocenters. The normalized spacial score (nSPS) is 12.2. The van der Waals surface area contributed by atoms with Gasteiger partial charge in [-0.2, -0.15) is 0 Å². The van der Waals surface area contributed by atoms with E-state index in [-0.39, 0.29) is 6.04 Å². The minimum Gasteiger partial charge on any atom is -0.457 e. The summed E-state index contributed by atoms with van der Waals surface area (Å²) in [6.45, 7) is 4.64. The molecule has 0 fully saturated rings. The summed E-state index contributed by atoms with van der Waals surface area (Å²) in [5, 5.41) is 0. The van der Waals surface area contributed by atoms with Crippen LogP contribution in [0.4, 0.5) is 0 Å². The molecule has 2 rings (SSSR count). The van der Waals surface area contributed by atoms with E-state index < -0.39 is 0 Å². The zero-order valence-corrected chi connectivity index (χ0v) is 12.9. The Labute approximate surface area is 126 Å². The molecule has 0 saturated heterocycles. The summed E-state index contributed by atoms with van der Waals surface area (Å²) in [7, 11) is 1.69. The molecular weight excluding hydrogens is 262 g/mol. The zero-order chi connectivity index (χ0) is 15.2. The van der Waals surface area contributed by atoms with Crippen molar-refractivity contribution >= 4 is 0 Å². The number of aryl methyl sites for hydroxylation is 1. The molecule has 3 nitrogen and oxygen atoms in total. The van der Waals surface area contributed by atoms with Crippen molar-refractivity contribution in [1.29, 1.82) is 0 Å². The molecule has 112 valence electrons. The lowest BCUT2D eigenvalue weighted by Gasteiger charge is -2.12. The van der Waals surface area contributed by atoms with Gasteiger partial charge in [0.15, 0.2) is 0 Å². The average Bonchev–Trinajstić information content (AvgIpc) is 2.43. The van der Waals surface area contributed by atoms with Crippen molar-refractivity contribution in [3.8, 4) is 11.5 Å². The Hall–Kier alpha value is -1.84. The number of nitrogens with two attached hydrogens (primary N) is 1. The van der Waals surface area contributed by atoms with Gasteiger partial charge in [0.05, 0.1) is 6.61 Å². The maximum Gasteiger partial charge on any atom is 0.130 e. The second-order valence-corrected chi connectivity index (χ2v) is 5.46. The second-order valence-electron chi connectivity index (χ2n) is 5.46. The summed E-state index contributed by atoms with van der Waals surface area (Å²) >= 11 is 0. The Morgan fingerprint density at radius 3 is 2.62 bits per heavy atom. The van der Waals surface area contributed by atoms with E-state index in [1.165, 1.54) is 5.56 Å². The van der Waals surface area contributed by atoms with Crippen LogP contribution in [-0.2, 0) is 17.8 Å². The van der Waals surface area contributed by atoms with E-state index in [0.29, 0.717) is 6.61 Å². The molecule has 21 heavy (non-hydrogen) atoms. The van der Waals surface area contributed by atoms with Gasteiger partial charge < -0.3 is 15.2 Å². The molecule has 2 aromatic carbocycles. The van der Waals surface area contributed by atoms with Gasteiger partial charge in [0.2, 0.25) is 0 Å². The first-order valence-electron chi connectivity index (χ1n) is 7.19. The van der Waals surface area contributed by atoms with Crippen LogP contribution in [0.25, 0.3) is 0 Å². The highest BCUT2D eigenvalue weighted by Gasteiger charge is 2.06. The van der Waals surface area contributed by atoms with Crippen LogP contribution in [0.2, 0.25) is 0 Å². The number of hydrogen-bond acceptors (Lipinski definition) is 3. The summed E-state index contributed by atoms with van der Waals surface area (Å²) in [5.41, 5.74) is 9.27. The van der Waals surface area contributed by atoms with E-state index in [9.17, 15) is 0 Å². The lowest BCUT2D eigenvalue weighted by molar-refractivity contribution is 0.184. The minimum absolute atomic E-state index is 0.144. The number of ether oxygens (including phenoxy) is 2. The largest absolute Gasteiger partial charge is 0.457 e. The number of hydrogen-bond donors (Lipinski definition) is 1. The topological polar surface area (TPSA) is 44.5 Å². The number of methoxy groups -OCH3 is 1. The van der Waals surface area contributed by atoms with Crippen molar-refractivity contribution in [3.63, 3.8) is 0 Å². The minimum atomic E-state index is 0.144. The van der Waals surface area contributed by atoms with Crippen LogP contribution < -0.4 is 10.5 Å². The van der Waals surface area contributed by atoms with E-state index in [0.717, 1.165) is 29.0 Å². The molecule has 0 aliphatic carbocycles. The Bertz CT molecular complexity index is 594. The van der Waals surface area contributed by atoms with Crippen molar-refractivity contribution in [3.05, 3.63) is 59.2 Å². The van der Waals surface area contributed by atoms with Gasteiger partial charge in [-0.25, -0.2) is 0 Å². The quantitative estimate of drug-likeness (QED) is 0.877. The van der Waals surface area contributed by atoms with Gasteiger partial charge in [-0.05, 0) is 55.2 Å². The van der Waals surface area contributed by atoms with Crippen molar-refractivity contribution in [2.45, 2.75) is 32.9 Å². The molecule has 0 saturated carbocycles. The van der Waals surface area contributed by atoms with Gasteiger partial charge in [-0.15, -0.1) is 0 Å². The van der Waals surface area contributed by atoms with Crippen LogP contribution in [0.5, 0.6) is 11.5 Å². The van der Waals surface area contributed by atoms with Crippen LogP contribution in [0, 0.1) is 6.92 Å². The average molecular weight is 285 g/mol. The SMILES string of the molecule is COCc1cccc(Oc2cc(CC(C)N)ccc2C)c1. The third-order valence-corrected chi connectivity index (χ3v) is 3.25. The summed E-state index contributed by atoms with van der Waals surface area (Å²) in [6, 6.07) is 14.4. The molecule has 1 unspecified atom stereocenters. The van der Waals surface area contributed by atoms with Crippen LogP contribution in [0.1, 0.15) is 23.6 Å². The lowest BCUT2D eigenvalue weighted by Crippen LogP contribution is -2.17. The van der Waals surface area contributed by atoms with Gasteiger partial charge in [-0.3, -0.25) is 0 Å². The monoisotopic (exact) mass is 285 g/mol. The smallest absolute Gasteiger partial charge is 0.130 e. The van der Waals surface area contributed by atoms with Gasteiger partial charge >= 0.3 is 0 Å². The molecule has 2 aromatic rings. The van der Waals surface area contributed by atoms with Crippen LogP contribution in [0.15, 0.2) is 42.5 Å². The standard InChI is InChI=1S/C18H23NO2/c1-13-7-8-15(9-14(2)19)11-18(13)21-17-6-4-5-16(10-17)12-20-3/h4-8,10-11,14H,9,12,19H2,1-3H3. The van der Waals surface area contributed by atoms with Crippen LogP contribution in [0.3, 0.4) is 0 Å². The molecule has 0 amide bonds. The van der Waals surface area contributed by atoms with Crippen LogP contribution >= 0.6 is 0 Å². The third-order valence-electron chi connectivity index (χ3n) is 3.25. The predicted octanol–water partition coefficient (Wildman–Crippen LogP) is 3.82. The van der Waals surface area contributed by atoms with Crippen molar-refractivity contribution < 1.29 is 9.47 Å². The Balaban J connectivity index is 2.20. The molecule has 0 heterocycles. The summed E-state index contributed by atoms with van der Waals surface area (Å²) in [5.74, 6) is 1.70. The molecule has 0 aromatic heterocycles. The predicted molar refractivity (Wildman–Crippen MR) is 85.8 cm³/mol. The van der Waals surface area contributed by atoms with E-state index in [1.807, 2.05) is 38.1 Å². The molecule has 0 radical (unpaired) electrons. The van der Waals surface area contributed by atoms with Crippen molar-refractivity contribution in [2.75, 3.05) is 7.11 Å². The summed E-state index contributed by atoms with van der Waals surface area (Å²) in [4.78, 5) is 0. The molecular formula is C18H23NO2. The van der Waals surface area contributed by atoms with Gasteiger partial charge in [0.1, 0.15) is 11.5 Å². The highest BCUT2D eigenvalue weighted by Crippen LogP contribution is 2.27. The number of benzene rings is 2. The van der Waals surface area contributed by atoms with Crippen molar-refractivity contribution in [2.24, 2.45) is 5.73 Å². The first-order chi connectivity index (χ1) is 10.1. The fourth-order valence-electron chi connectivity index (χ4n) is 2.25. The highest BCUT2D eigenvalue weighted by molar-refractivity contribution is 5.41. The summed E-state index contributed by atoms with van der Waals surface area (Å²) in [6.07, 6.45) is 0.848. The van der Waals surface area contributed by atoms with Gasteiger partial charge in [0, 0.05) is 13.2 Å². The number of rotatable bonds is 6. The Morgan fingerprint density at radius 1 is 1.10 bits per heavy atom. The van der Waals surface area contributed by atoms with E-state index in [1.54, 1.807) is 7.11 Å². The first kappa shape index (κ1) is 15.5. The van der Waals surface area contributed by atoms with E-state index >= 15 is 0 Å². The zero-order valence-electron chi connectivity index (χ0n) is 12.9. The van der Waals surface area contributed by atoms with Gasteiger partial charge in [-0.1, -0.05) is 24.3 Å². The molecule has 0 aliphatic rings. The van der Waals surface area contributed by atoms with Crippen molar-refractivity contribution in [1.82, 2.24) is 0 Å². The maximum atomic E-state index is 6.02. The van der Waals surface area contributed by atoms with Crippen LogP contribution in [-0.4, -0.2) is 13.2 Å². The first-order valence-corrected chi connectivity index (χ1v) is 7.19. The van der Waals surface area contributed by atoms with E-state index in [2.05, 4.69) is 18.2 Å². The highest BCUT2D eigenvalue weighted by atomic mass is 16.5. The molecule has 0 spiro atoms. The molecule has 0 aliphatic heterocycles. The third kappa shape index (κ3) is 4.59. The maximum absolute atomic E-state index is 6.02. The fourth-order valence-corrected chi connectivity index (χ4v) is 2.25. The fraction of sp³-hybridized carbons (Fsp3) is 0.333. The second kappa shape index (κ2) is 7.25. The Kier molecular flexibility index (Phi) is 5.37. The molecule has 2 N–H and O–H groups in total. The lowest BCUT2D eigenvalue weighted by atomic mass is 10.1. The molecule has 0 bridgehead atoms. The van der Waals surface area contributed by atoms with E-state index in [4.69, 9.17) is 15.2 Å². The molecule has 3 heteroatoms. The Morgan fingerprint density at radius 2 is 1.90 bits per heavy atom. The van der Waals surface area contributed by atoms with Gasteiger partial charge in [0.25, 0.3) is 0 Å².